The Balaban J connectivity index is 2.47. The van der Waals surface area contributed by atoms with Gasteiger partial charge in [0.15, 0.2) is 0 Å². The van der Waals surface area contributed by atoms with Crippen molar-refractivity contribution in [3.05, 3.63) is 35.5 Å². The summed E-state index contributed by atoms with van der Waals surface area (Å²) in [6.45, 7) is 1.71. The fourth-order valence-electron chi connectivity index (χ4n) is 2.09. The van der Waals surface area contributed by atoms with E-state index in [9.17, 15) is 13.2 Å². The molecule has 0 bridgehead atoms. The zero-order valence-corrected chi connectivity index (χ0v) is 13.4. The number of aliphatic carboxylic acids is 1. The summed E-state index contributed by atoms with van der Waals surface area (Å²) in [5.41, 5.74) is 0.296. The number of hydrogen-bond donors (Lipinski definition) is 2. The van der Waals surface area contributed by atoms with Crippen molar-refractivity contribution in [3.8, 4) is 0 Å². The van der Waals surface area contributed by atoms with Crippen molar-refractivity contribution >= 4 is 38.5 Å². The average molecular weight is 343 g/mol. The average Bonchev–Trinajstić information content (AvgIpc) is 2.44. The third kappa shape index (κ3) is 3.73. The van der Waals surface area contributed by atoms with E-state index in [2.05, 4.69) is 9.71 Å². The number of fused-ring (bicyclic) bond motifs is 1. The summed E-state index contributed by atoms with van der Waals surface area (Å²) in [6.07, 6.45) is 1.56. The molecule has 1 atom stereocenters. The lowest BCUT2D eigenvalue weighted by Gasteiger charge is -2.16. The van der Waals surface area contributed by atoms with Crippen molar-refractivity contribution in [1.29, 1.82) is 0 Å². The molecule has 0 fully saturated rings. The molecule has 2 rings (SSSR count). The van der Waals surface area contributed by atoms with Crippen LogP contribution in [0, 0.1) is 0 Å². The molecule has 1 heterocycles. The second-order valence-electron chi connectivity index (χ2n) is 4.80. The highest BCUT2D eigenvalue weighted by Crippen LogP contribution is 2.26. The number of carboxylic acid groups (broad SMARTS) is 1. The second-order valence-corrected chi connectivity index (χ2v) is 6.92. The minimum atomic E-state index is -3.93. The topological polar surface area (TPSA) is 96.4 Å². The lowest BCUT2D eigenvalue weighted by atomic mass is 10.2. The van der Waals surface area contributed by atoms with E-state index in [4.69, 9.17) is 16.7 Å². The van der Waals surface area contributed by atoms with Crippen molar-refractivity contribution in [2.24, 2.45) is 0 Å². The van der Waals surface area contributed by atoms with Gasteiger partial charge in [-0.15, -0.1) is 0 Å². The standard InChI is InChI=1S/C14H15ClN2O4S/c1-2-11(8-13(18)19)17-22(20,21)12-7-10(15)6-9-4-3-5-16-14(9)12/h3-7,11,17H,2,8H2,1H3,(H,18,19)/t11-/m0/s1. The van der Waals surface area contributed by atoms with Crippen LogP contribution in [0.25, 0.3) is 10.9 Å². The molecule has 0 aliphatic rings. The highest BCUT2D eigenvalue weighted by molar-refractivity contribution is 7.89. The Morgan fingerprint density at radius 2 is 2.18 bits per heavy atom. The van der Waals surface area contributed by atoms with Crippen LogP contribution in [0.2, 0.25) is 5.02 Å². The summed E-state index contributed by atoms with van der Waals surface area (Å²) in [5.74, 6) is -1.07. The number of carboxylic acids is 1. The third-order valence-corrected chi connectivity index (χ3v) is 4.91. The zero-order chi connectivity index (χ0) is 16.3. The number of halogens is 1. The number of hydrogen-bond acceptors (Lipinski definition) is 4. The van der Waals surface area contributed by atoms with Crippen molar-refractivity contribution in [1.82, 2.24) is 9.71 Å². The van der Waals surface area contributed by atoms with Gasteiger partial charge in [-0.1, -0.05) is 24.6 Å². The number of aromatic nitrogens is 1. The molecule has 2 N–H and O–H groups in total. The van der Waals surface area contributed by atoms with Crippen LogP contribution in [0.5, 0.6) is 0 Å². The zero-order valence-electron chi connectivity index (χ0n) is 11.8. The van der Waals surface area contributed by atoms with E-state index in [1.54, 1.807) is 25.1 Å². The van der Waals surface area contributed by atoms with Crippen LogP contribution in [0.1, 0.15) is 19.8 Å². The van der Waals surface area contributed by atoms with Crippen LogP contribution in [0.4, 0.5) is 0 Å². The Kier molecular flexibility index (Phi) is 5.00. The highest BCUT2D eigenvalue weighted by atomic mass is 35.5. The molecule has 0 aliphatic carbocycles. The molecule has 6 nitrogen and oxygen atoms in total. The minimum absolute atomic E-state index is 0.0561. The first-order valence-corrected chi connectivity index (χ1v) is 8.48. The van der Waals surface area contributed by atoms with Crippen molar-refractivity contribution < 1.29 is 18.3 Å². The van der Waals surface area contributed by atoms with Gasteiger partial charge < -0.3 is 5.11 Å². The van der Waals surface area contributed by atoms with Crippen molar-refractivity contribution in [2.45, 2.75) is 30.7 Å². The predicted octanol–water partition coefficient (Wildman–Crippen LogP) is 2.42. The Hall–Kier alpha value is -1.70. The number of carbonyl (C=O) groups is 1. The molecule has 0 spiro atoms. The summed E-state index contributed by atoms with van der Waals surface area (Å²) < 4.78 is 27.5. The smallest absolute Gasteiger partial charge is 0.304 e. The van der Waals surface area contributed by atoms with Gasteiger partial charge in [-0.2, -0.15) is 0 Å². The van der Waals surface area contributed by atoms with E-state index < -0.39 is 22.0 Å². The molecule has 0 unspecified atom stereocenters. The van der Waals surface area contributed by atoms with Gasteiger partial charge in [-0.3, -0.25) is 9.78 Å². The monoisotopic (exact) mass is 342 g/mol. The van der Waals surface area contributed by atoms with E-state index in [1.165, 1.54) is 12.3 Å². The van der Waals surface area contributed by atoms with Crippen LogP contribution in [-0.4, -0.2) is 30.5 Å². The van der Waals surface area contributed by atoms with Crippen LogP contribution >= 0.6 is 11.6 Å². The van der Waals surface area contributed by atoms with Gasteiger partial charge >= 0.3 is 5.97 Å². The minimum Gasteiger partial charge on any atom is -0.481 e. The lowest BCUT2D eigenvalue weighted by molar-refractivity contribution is -0.137. The largest absolute Gasteiger partial charge is 0.481 e. The molecule has 0 radical (unpaired) electrons. The molecule has 0 saturated heterocycles. The molecule has 118 valence electrons. The van der Waals surface area contributed by atoms with E-state index >= 15 is 0 Å². The Morgan fingerprint density at radius 1 is 1.45 bits per heavy atom. The lowest BCUT2D eigenvalue weighted by Crippen LogP contribution is -2.36. The van der Waals surface area contributed by atoms with Gasteiger partial charge in [0.2, 0.25) is 10.0 Å². The van der Waals surface area contributed by atoms with Crippen LogP contribution in [0.15, 0.2) is 35.4 Å². The molecule has 22 heavy (non-hydrogen) atoms. The summed E-state index contributed by atoms with van der Waals surface area (Å²) in [7, 11) is -3.93. The summed E-state index contributed by atoms with van der Waals surface area (Å²) in [6, 6.07) is 5.63. The molecule has 2 aromatic rings. The molecular formula is C14H15ClN2O4S. The molecule has 1 aromatic heterocycles. The fourth-order valence-corrected chi connectivity index (χ4v) is 3.91. The predicted molar refractivity (Wildman–Crippen MR) is 83.4 cm³/mol. The van der Waals surface area contributed by atoms with Crippen molar-refractivity contribution in [3.63, 3.8) is 0 Å². The summed E-state index contributed by atoms with van der Waals surface area (Å²) in [5, 5.41) is 9.70. The molecular weight excluding hydrogens is 328 g/mol. The molecule has 0 amide bonds. The number of pyridine rings is 1. The summed E-state index contributed by atoms with van der Waals surface area (Å²) >= 11 is 5.97. The third-order valence-electron chi connectivity index (χ3n) is 3.16. The first kappa shape index (κ1) is 16.7. The maximum absolute atomic E-state index is 12.5. The molecule has 0 aliphatic heterocycles. The maximum Gasteiger partial charge on any atom is 0.304 e. The number of benzene rings is 1. The first-order chi connectivity index (χ1) is 10.3. The first-order valence-electron chi connectivity index (χ1n) is 6.62. The Labute approximate surface area is 133 Å². The number of nitrogens with one attached hydrogen (secondary N) is 1. The van der Waals surface area contributed by atoms with E-state index in [0.717, 1.165) is 0 Å². The van der Waals surface area contributed by atoms with Gasteiger partial charge in [0, 0.05) is 22.6 Å². The van der Waals surface area contributed by atoms with E-state index in [1.807, 2.05) is 0 Å². The molecule has 1 aromatic carbocycles. The quantitative estimate of drug-likeness (QED) is 0.840. The van der Waals surface area contributed by atoms with Gasteiger partial charge in [-0.25, -0.2) is 13.1 Å². The van der Waals surface area contributed by atoms with Crippen LogP contribution < -0.4 is 4.72 Å². The van der Waals surface area contributed by atoms with Crippen LogP contribution in [0.3, 0.4) is 0 Å². The van der Waals surface area contributed by atoms with Gasteiger partial charge in [-0.05, 0) is 24.6 Å². The number of nitrogens with zero attached hydrogens (tertiary/aromatic N) is 1. The number of rotatable bonds is 6. The van der Waals surface area contributed by atoms with Gasteiger partial charge in [0.1, 0.15) is 4.90 Å². The fraction of sp³-hybridized carbons (Fsp3) is 0.286. The Bertz CT molecular complexity index is 808. The summed E-state index contributed by atoms with van der Waals surface area (Å²) in [4.78, 5) is 14.8. The maximum atomic E-state index is 12.5. The molecule has 0 saturated carbocycles. The van der Waals surface area contributed by atoms with E-state index in [-0.39, 0.29) is 16.3 Å². The van der Waals surface area contributed by atoms with Crippen LogP contribution in [-0.2, 0) is 14.8 Å². The highest BCUT2D eigenvalue weighted by Gasteiger charge is 2.24. The SMILES string of the molecule is CC[C@@H](CC(=O)O)NS(=O)(=O)c1cc(Cl)cc2cccnc12. The number of sulfonamides is 1. The second kappa shape index (κ2) is 6.60. The van der Waals surface area contributed by atoms with Gasteiger partial charge in [0.25, 0.3) is 0 Å². The van der Waals surface area contributed by atoms with E-state index in [0.29, 0.717) is 17.3 Å². The Morgan fingerprint density at radius 3 is 2.82 bits per heavy atom. The normalized spacial score (nSPS) is 13.2. The van der Waals surface area contributed by atoms with Crippen molar-refractivity contribution in [2.75, 3.05) is 0 Å². The van der Waals surface area contributed by atoms with Gasteiger partial charge in [0.05, 0.1) is 11.9 Å². The molecule has 8 heteroatoms.